The minimum absolute atomic E-state index is 0.0669. The summed E-state index contributed by atoms with van der Waals surface area (Å²) in [6, 6.07) is 12.9. The molecule has 0 aliphatic carbocycles. The van der Waals surface area contributed by atoms with Crippen LogP contribution in [-0.2, 0) is 20.9 Å². The van der Waals surface area contributed by atoms with Crippen molar-refractivity contribution in [3.05, 3.63) is 73.7 Å². The van der Waals surface area contributed by atoms with Gasteiger partial charge in [0.2, 0.25) is 17.7 Å². The van der Waals surface area contributed by atoms with Crippen LogP contribution in [0.4, 0.5) is 5.69 Å². The first-order chi connectivity index (χ1) is 15.8. The number of halogens is 1. The lowest BCUT2D eigenvalue weighted by atomic mass is 9.83. The van der Waals surface area contributed by atoms with Crippen molar-refractivity contribution in [2.75, 3.05) is 5.32 Å². The Morgan fingerprint density at radius 2 is 1.76 bits per heavy atom. The molecule has 1 fully saturated rings. The van der Waals surface area contributed by atoms with Gasteiger partial charge >= 0.3 is 4.87 Å². The summed E-state index contributed by atoms with van der Waals surface area (Å²) in [6.07, 6.45) is 0. The Morgan fingerprint density at radius 1 is 1.06 bits per heavy atom. The van der Waals surface area contributed by atoms with E-state index in [0.29, 0.717) is 26.2 Å². The lowest BCUT2D eigenvalue weighted by Gasteiger charge is -2.30. The van der Waals surface area contributed by atoms with Gasteiger partial charge in [-0.2, -0.15) is 0 Å². The number of thioether (sulfide) groups is 1. The van der Waals surface area contributed by atoms with Gasteiger partial charge in [-0.3, -0.25) is 29.1 Å². The first-order valence-electron chi connectivity index (χ1n) is 9.91. The minimum Gasteiger partial charge on any atom is -0.508 e. The Bertz CT molecular complexity index is 1330. The highest BCUT2D eigenvalue weighted by molar-refractivity contribution is 8.00. The van der Waals surface area contributed by atoms with Gasteiger partial charge in [-0.05, 0) is 42.0 Å². The average molecular weight is 502 g/mol. The molecule has 3 aromatic rings. The highest BCUT2D eigenvalue weighted by Gasteiger charge is 2.52. The molecule has 33 heavy (non-hydrogen) atoms. The lowest BCUT2D eigenvalue weighted by molar-refractivity contribution is -0.126. The Kier molecular flexibility index (Phi) is 5.51. The van der Waals surface area contributed by atoms with E-state index in [1.54, 1.807) is 36.4 Å². The van der Waals surface area contributed by atoms with Crippen molar-refractivity contribution in [3.63, 3.8) is 0 Å². The molecule has 0 bridgehead atoms. The molecule has 2 aliphatic rings. The topological polar surface area (TPSA) is 118 Å². The van der Waals surface area contributed by atoms with E-state index in [9.17, 15) is 24.3 Å². The highest BCUT2D eigenvalue weighted by atomic mass is 35.5. The van der Waals surface area contributed by atoms with Crippen LogP contribution in [0.25, 0.3) is 0 Å². The number of aromatic nitrogens is 1. The van der Waals surface area contributed by atoms with E-state index in [2.05, 4.69) is 10.6 Å². The largest absolute Gasteiger partial charge is 0.508 e. The summed E-state index contributed by atoms with van der Waals surface area (Å²) in [5, 5.41) is 15.1. The molecule has 168 valence electrons. The van der Waals surface area contributed by atoms with E-state index in [1.165, 1.54) is 16.7 Å². The van der Waals surface area contributed by atoms with Crippen molar-refractivity contribution in [1.29, 1.82) is 0 Å². The number of nitrogens with zero attached hydrogens (tertiary/aromatic N) is 1. The first-order valence-corrected chi connectivity index (χ1v) is 12.0. The molecule has 11 heteroatoms. The molecule has 2 aromatic carbocycles. The summed E-state index contributed by atoms with van der Waals surface area (Å²) >= 11 is 7.97. The summed E-state index contributed by atoms with van der Waals surface area (Å²) in [5.41, 5.74) is 1.24. The molecule has 0 unspecified atom stereocenters. The standard InChI is InChI=1S/C22H16ClN3O5S2/c23-11-3-5-12(6-4-11)24-14(28)9-26-21-18(33-22(26)31)15(10-1-7-13(27)8-2-10)16-17(32-21)20(30)25-19(16)29/h1-8,15-17,27H,9H2,(H,24,28)(H,25,29,30)/t15-,16+,17-/m0/s1. The monoisotopic (exact) mass is 501 g/mol. The van der Waals surface area contributed by atoms with Crippen molar-refractivity contribution in [2.24, 2.45) is 5.92 Å². The SMILES string of the molecule is O=C(Cn1c2c(sc1=O)[C@@H](c1ccc(O)cc1)[C@H]1C(=O)NC(=O)[C@H]1S2)Nc1ccc(Cl)cc1. The molecule has 5 rings (SSSR count). The molecule has 3 atom stereocenters. The van der Waals surface area contributed by atoms with Crippen molar-refractivity contribution in [2.45, 2.75) is 22.7 Å². The van der Waals surface area contributed by atoms with Crippen LogP contribution in [0.15, 0.2) is 58.4 Å². The number of carbonyl (C=O) groups excluding carboxylic acids is 3. The van der Waals surface area contributed by atoms with Crippen molar-refractivity contribution in [1.82, 2.24) is 9.88 Å². The molecule has 3 N–H and O–H groups in total. The first kappa shape index (κ1) is 21.7. The fourth-order valence-electron chi connectivity index (χ4n) is 4.09. The zero-order valence-corrected chi connectivity index (χ0v) is 19.2. The number of carbonyl (C=O) groups is 3. The number of rotatable bonds is 4. The predicted octanol–water partition coefficient (Wildman–Crippen LogP) is 2.79. The van der Waals surface area contributed by atoms with Crippen LogP contribution in [0.2, 0.25) is 5.02 Å². The summed E-state index contributed by atoms with van der Waals surface area (Å²) in [7, 11) is 0. The average Bonchev–Trinajstić information content (AvgIpc) is 3.24. The summed E-state index contributed by atoms with van der Waals surface area (Å²) < 4.78 is 1.34. The number of imide groups is 1. The second kappa shape index (κ2) is 8.36. The zero-order valence-electron chi connectivity index (χ0n) is 16.8. The van der Waals surface area contributed by atoms with Gasteiger partial charge < -0.3 is 10.4 Å². The maximum atomic E-state index is 12.9. The van der Waals surface area contributed by atoms with Gasteiger partial charge in [0.15, 0.2) is 0 Å². The van der Waals surface area contributed by atoms with Crippen LogP contribution < -0.4 is 15.5 Å². The number of amides is 3. The van der Waals surface area contributed by atoms with E-state index in [4.69, 9.17) is 11.6 Å². The Morgan fingerprint density at radius 3 is 2.45 bits per heavy atom. The Balaban J connectivity index is 1.52. The van der Waals surface area contributed by atoms with E-state index >= 15 is 0 Å². The third-order valence-electron chi connectivity index (χ3n) is 5.57. The van der Waals surface area contributed by atoms with Gasteiger partial charge in [0.1, 0.15) is 17.5 Å². The molecule has 1 aromatic heterocycles. The quantitative estimate of drug-likeness (QED) is 0.473. The number of hydrogen-bond acceptors (Lipinski definition) is 7. The molecule has 3 heterocycles. The molecule has 0 radical (unpaired) electrons. The number of fused-ring (bicyclic) bond motifs is 2. The summed E-state index contributed by atoms with van der Waals surface area (Å²) in [6.45, 7) is -0.241. The Hall–Kier alpha value is -3.08. The van der Waals surface area contributed by atoms with Gasteiger partial charge in [0.25, 0.3) is 0 Å². The minimum atomic E-state index is -0.719. The Labute approximate surface area is 200 Å². The normalized spacial score (nSPS) is 21.3. The summed E-state index contributed by atoms with van der Waals surface area (Å²) in [5.74, 6) is -2.38. The zero-order chi connectivity index (χ0) is 23.3. The maximum Gasteiger partial charge on any atom is 0.308 e. The molecular weight excluding hydrogens is 486 g/mol. The second-order valence-corrected chi connectivity index (χ2v) is 10.2. The maximum absolute atomic E-state index is 12.9. The number of benzene rings is 2. The number of phenols is 1. The third kappa shape index (κ3) is 3.94. The van der Waals surface area contributed by atoms with E-state index in [1.807, 2.05) is 0 Å². The molecule has 8 nitrogen and oxygen atoms in total. The fraction of sp³-hybridized carbons (Fsp3) is 0.182. The van der Waals surface area contributed by atoms with Crippen LogP contribution in [0.5, 0.6) is 5.75 Å². The van der Waals surface area contributed by atoms with E-state index in [-0.39, 0.29) is 17.2 Å². The fourth-order valence-corrected chi connectivity index (χ4v) is 6.96. The van der Waals surface area contributed by atoms with Crippen molar-refractivity contribution < 1.29 is 19.5 Å². The lowest BCUT2D eigenvalue weighted by Crippen LogP contribution is -2.32. The van der Waals surface area contributed by atoms with Gasteiger partial charge in [-0.1, -0.05) is 46.8 Å². The predicted molar refractivity (Wildman–Crippen MR) is 125 cm³/mol. The number of phenolic OH excluding ortho intramolecular Hbond substituents is 1. The molecule has 0 spiro atoms. The summed E-state index contributed by atoms with van der Waals surface area (Å²) in [4.78, 5) is 51.0. The van der Waals surface area contributed by atoms with Crippen LogP contribution in [0.3, 0.4) is 0 Å². The molecular formula is C22H16ClN3O5S2. The van der Waals surface area contributed by atoms with Crippen molar-refractivity contribution >= 4 is 58.1 Å². The second-order valence-electron chi connectivity index (χ2n) is 7.67. The molecule has 2 aliphatic heterocycles. The molecule has 0 saturated carbocycles. The van der Waals surface area contributed by atoms with E-state index in [0.717, 1.165) is 23.1 Å². The van der Waals surface area contributed by atoms with Crippen LogP contribution in [0, 0.1) is 5.92 Å². The van der Waals surface area contributed by atoms with Gasteiger partial charge in [0, 0.05) is 21.5 Å². The number of aromatic hydroxyl groups is 1. The number of thiazole rings is 1. The van der Waals surface area contributed by atoms with Crippen LogP contribution in [0.1, 0.15) is 16.4 Å². The van der Waals surface area contributed by atoms with Crippen LogP contribution in [-0.4, -0.2) is 32.6 Å². The third-order valence-corrected chi connectivity index (χ3v) is 8.44. The van der Waals surface area contributed by atoms with E-state index < -0.39 is 34.8 Å². The van der Waals surface area contributed by atoms with Gasteiger partial charge in [0.05, 0.1) is 10.9 Å². The van der Waals surface area contributed by atoms with Crippen molar-refractivity contribution in [3.8, 4) is 5.75 Å². The van der Waals surface area contributed by atoms with Gasteiger partial charge in [-0.15, -0.1) is 0 Å². The molecule has 3 amide bonds. The van der Waals surface area contributed by atoms with Gasteiger partial charge in [-0.25, -0.2) is 0 Å². The highest BCUT2D eigenvalue weighted by Crippen LogP contribution is 2.51. The number of anilines is 1. The molecule has 1 saturated heterocycles. The number of nitrogens with one attached hydrogen (secondary N) is 2. The van der Waals surface area contributed by atoms with Crippen LogP contribution >= 0.6 is 34.7 Å². The smallest absolute Gasteiger partial charge is 0.308 e. The number of hydrogen-bond donors (Lipinski definition) is 3.